The third-order valence-corrected chi connectivity index (χ3v) is 5.97. The molecule has 0 radical (unpaired) electrons. The smallest absolute Gasteiger partial charge is 0.228 e. The Morgan fingerprint density at radius 1 is 1.07 bits per heavy atom. The summed E-state index contributed by atoms with van der Waals surface area (Å²) < 4.78 is 11.3. The van der Waals surface area contributed by atoms with Crippen LogP contribution in [0, 0.1) is 0 Å². The van der Waals surface area contributed by atoms with E-state index in [-0.39, 0.29) is 12.4 Å². The molecule has 156 valence electrons. The predicted octanol–water partition coefficient (Wildman–Crippen LogP) is 4.70. The number of thiophene rings is 1. The number of methoxy groups -OCH3 is 1. The molecule has 4 heterocycles. The van der Waals surface area contributed by atoms with Gasteiger partial charge in [-0.15, -0.1) is 12.4 Å². The second kappa shape index (κ2) is 9.04. The zero-order chi connectivity index (χ0) is 19.6. The first-order valence-corrected chi connectivity index (χ1v) is 10.6. The van der Waals surface area contributed by atoms with E-state index in [9.17, 15) is 0 Å². The number of anilines is 1. The Kier molecular flexibility index (Phi) is 6.22. The van der Waals surface area contributed by atoms with Crippen molar-refractivity contribution in [2.45, 2.75) is 6.54 Å². The molecular formula is C22H23ClN4O2S. The standard InChI is InChI=1S/C22H22N4O2S.ClH/c1-27-21-4-6-23-22(24-21)26-9-7-25(8-10-26)14-19-13-18-12-16(2-3-20(18)28-19)17-5-11-29-15-17;/h2-6,11-13,15H,7-10,14H2,1H3;1H. The van der Waals surface area contributed by atoms with Crippen molar-refractivity contribution < 1.29 is 9.15 Å². The fraction of sp³-hybridized carbons (Fsp3) is 0.273. The lowest BCUT2D eigenvalue weighted by molar-refractivity contribution is 0.231. The highest BCUT2D eigenvalue weighted by Gasteiger charge is 2.20. The number of ether oxygens (including phenoxy) is 1. The van der Waals surface area contributed by atoms with E-state index in [0.717, 1.165) is 55.4 Å². The van der Waals surface area contributed by atoms with E-state index in [2.05, 4.69) is 60.9 Å². The van der Waals surface area contributed by atoms with E-state index in [1.807, 2.05) is 0 Å². The molecule has 3 aromatic heterocycles. The molecule has 0 saturated carbocycles. The number of aromatic nitrogens is 2. The normalized spacial score (nSPS) is 14.6. The molecule has 8 heteroatoms. The van der Waals surface area contributed by atoms with Crippen LogP contribution in [0.15, 0.2) is 57.8 Å². The van der Waals surface area contributed by atoms with Gasteiger partial charge in [0.15, 0.2) is 0 Å². The molecule has 0 unspecified atom stereocenters. The molecule has 6 nitrogen and oxygen atoms in total. The summed E-state index contributed by atoms with van der Waals surface area (Å²) in [7, 11) is 1.63. The van der Waals surface area contributed by atoms with Crippen molar-refractivity contribution in [1.82, 2.24) is 14.9 Å². The van der Waals surface area contributed by atoms with Crippen molar-refractivity contribution in [3.63, 3.8) is 0 Å². The summed E-state index contributed by atoms with van der Waals surface area (Å²) in [5.41, 5.74) is 3.44. The van der Waals surface area contributed by atoms with Crippen LogP contribution in [0.3, 0.4) is 0 Å². The molecule has 0 aliphatic carbocycles. The van der Waals surface area contributed by atoms with Crippen LogP contribution >= 0.6 is 23.7 Å². The molecule has 0 N–H and O–H groups in total. The summed E-state index contributed by atoms with van der Waals surface area (Å²) in [5, 5.41) is 5.44. The Labute approximate surface area is 185 Å². The maximum Gasteiger partial charge on any atom is 0.228 e. The Balaban J connectivity index is 0.00000218. The zero-order valence-corrected chi connectivity index (χ0v) is 18.3. The average Bonchev–Trinajstić information content (AvgIpc) is 3.43. The Hall–Kier alpha value is -2.61. The number of rotatable bonds is 5. The molecule has 4 aromatic rings. The van der Waals surface area contributed by atoms with Crippen molar-refractivity contribution in [3.05, 3.63) is 59.1 Å². The molecule has 0 amide bonds. The molecule has 1 aromatic carbocycles. The maximum absolute atomic E-state index is 6.09. The van der Waals surface area contributed by atoms with Gasteiger partial charge in [-0.25, -0.2) is 4.98 Å². The largest absolute Gasteiger partial charge is 0.481 e. The molecule has 30 heavy (non-hydrogen) atoms. The fourth-order valence-electron chi connectivity index (χ4n) is 3.71. The first kappa shape index (κ1) is 20.7. The van der Waals surface area contributed by atoms with Gasteiger partial charge in [0.25, 0.3) is 0 Å². The minimum absolute atomic E-state index is 0. The van der Waals surface area contributed by atoms with E-state index in [0.29, 0.717) is 5.88 Å². The quantitative estimate of drug-likeness (QED) is 0.446. The monoisotopic (exact) mass is 442 g/mol. The third-order valence-electron chi connectivity index (χ3n) is 5.28. The number of hydrogen-bond donors (Lipinski definition) is 0. The lowest BCUT2D eigenvalue weighted by Crippen LogP contribution is -2.46. The summed E-state index contributed by atoms with van der Waals surface area (Å²) in [4.78, 5) is 13.4. The highest BCUT2D eigenvalue weighted by atomic mass is 35.5. The van der Waals surface area contributed by atoms with Gasteiger partial charge in [0, 0.05) is 43.8 Å². The van der Waals surface area contributed by atoms with E-state index in [4.69, 9.17) is 9.15 Å². The van der Waals surface area contributed by atoms with E-state index >= 15 is 0 Å². The van der Waals surface area contributed by atoms with Gasteiger partial charge in [-0.1, -0.05) is 6.07 Å². The zero-order valence-electron chi connectivity index (χ0n) is 16.7. The Morgan fingerprint density at radius 3 is 2.70 bits per heavy atom. The molecule has 1 aliphatic heterocycles. The summed E-state index contributed by atoms with van der Waals surface area (Å²) >= 11 is 1.72. The highest BCUT2D eigenvalue weighted by molar-refractivity contribution is 7.08. The Morgan fingerprint density at radius 2 is 1.93 bits per heavy atom. The highest BCUT2D eigenvalue weighted by Crippen LogP contribution is 2.28. The van der Waals surface area contributed by atoms with Crippen molar-refractivity contribution in [1.29, 1.82) is 0 Å². The molecule has 0 atom stereocenters. The molecule has 1 aliphatic rings. The number of benzene rings is 1. The van der Waals surface area contributed by atoms with Gasteiger partial charge in [0.2, 0.25) is 11.8 Å². The summed E-state index contributed by atoms with van der Waals surface area (Å²) in [6.07, 6.45) is 1.74. The van der Waals surface area contributed by atoms with Gasteiger partial charge >= 0.3 is 0 Å². The minimum atomic E-state index is 0. The van der Waals surface area contributed by atoms with Crippen LogP contribution in [-0.2, 0) is 6.54 Å². The summed E-state index contributed by atoms with van der Waals surface area (Å²) in [5.74, 6) is 2.34. The van der Waals surface area contributed by atoms with Gasteiger partial charge in [0.1, 0.15) is 11.3 Å². The van der Waals surface area contributed by atoms with Crippen LogP contribution in [0.1, 0.15) is 5.76 Å². The van der Waals surface area contributed by atoms with Crippen molar-refractivity contribution in [2.24, 2.45) is 0 Å². The van der Waals surface area contributed by atoms with Gasteiger partial charge in [-0.3, -0.25) is 4.90 Å². The second-order valence-corrected chi connectivity index (χ2v) is 7.92. The number of nitrogens with zero attached hydrogens (tertiary/aromatic N) is 4. The third kappa shape index (κ3) is 4.28. The van der Waals surface area contributed by atoms with E-state index in [1.165, 1.54) is 11.1 Å². The van der Waals surface area contributed by atoms with Crippen LogP contribution in [0.2, 0.25) is 0 Å². The number of fused-ring (bicyclic) bond motifs is 1. The van der Waals surface area contributed by atoms with Gasteiger partial charge in [0.05, 0.1) is 13.7 Å². The van der Waals surface area contributed by atoms with Crippen LogP contribution < -0.4 is 9.64 Å². The van der Waals surface area contributed by atoms with Crippen LogP contribution in [0.4, 0.5) is 5.95 Å². The molecular weight excluding hydrogens is 420 g/mol. The predicted molar refractivity (Wildman–Crippen MR) is 123 cm³/mol. The van der Waals surface area contributed by atoms with E-state index in [1.54, 1.807) is 30.7 Å². The number of piperazine rings is 1. The second-order valence-electron chi connectivity index (χ2n) is 7.14. The SMILES string of the molecule is COc1ccnc(N2CCN(Cc3cc4cc(-c5ccsc5)ccc4o3)CC2)n1.Cl. The van der Waals surface area contributed by atoms with Gasteiger partial charge < -0.3 is 14.1 Å². The minimum Gasteiger partial charge on any atom is -0.481 e. The van der Waals surface area contributed by atoms with Crippen LogP contribution in [0.5, 0.6) is 5.88 Å². The Bertz CT molecular complexity index is 1110. The molecule has 5 rings (SSSR count). The number of furan rings is 1. The molecule has 0 spiro atoms. The molecule has 1 saturated heterocycles. The summed E-state index contributed by atoms with van der Waals surface area (Å²) in [6.45, 7) is 4.47. The number of halogens is 1. The van der Waals surface area contributed by atoms with E-state index < -0.39 is 0 Å². The summed E-state index contributed by atoms with van der Waals surface area (Å²) in [6, 6.07) is 12.5. The van der Waals surface area contributed by atoms with Crippen molar-refractivity contribution in [2.75, 3.05) is 38.2 Å². The molecule has 0 bridgehead atoms. The van der Waals surface area contributed by atoms with Crippen molar-refractivity contribution in [3.8, 4) is 17.0 Å². The van der Waals surface area contributed by atoms with Gasteiger partial charge in [-0.05, 0) is 46.2 Å². The fourth-order valence-corrected chi connectivity index (χ4v) is 4.37. The number of hydrogen-bond acceptors (Lipinski definition) is 7. The average molecular weight is 443 g/mol. The lowest BCUT2D eigenvalue weighted by atomic mass is 10.1. The first-order chi connectivity index (χ1) is 14.3. The molecule has 1 fully saturated rings. The topological polar surface area (TPSA) is 54.6 Å². The van der Waals surface area contributed by atoms with Crippen molar-refractivity contribution >= 4 is 40.7 Å². The lowest BCUT2D eigenvalue weighted by Gasteiger charge is -2.34. The van der Waals surface area contributed by atoms with Crippen LogP contribution in [-0.4, -0.2) is 48.2 Å². The van der Waals surface area contributed by atoms with Gasteiger partial charge in [-0.2, -0.15) is 16.3 Å². The van der Waals surface area contributed by atoms with Crippen LogP contribution in [0.25, 0.3) is 22.1 Å². The first-order valence-electron chi connectivity index (χ1n) is 9.68. The maximum atomic E-state index is 6.09.